The van der Waals surface area contributed by atoms with E-state index in [-0.39, 0.29) is 0 Å². The number of nitrogens with zero attached hydrogens (tertiary/aromatic N) is 4. The van der Waals surface area contributed by atoms with Crippen LogP contribution in [-0.4, -0.2) is 19.5 Å². The number of para-hydroxylation sites is 1. The van der Waals surface area contributed by atoms with E-state index < -0.39 is 0 Å². The van der Waals surface area contributed by atoms with Gasteiger partial charge in [-0.3, -0.25) is 0 Å². The molecule has 12 rings (SSSR count). The van der Waals surface area contributed by atoms with Crippen molar-refractivity contribution in [1.82, 2.24) is 19.5 Å². The third kappa shape index (κ3) is 5.88. The fraction of sp³-hybridized carbons (Fsp3) is 0. The lowest BCUT2D eigenvalue weighted by Gasteiger charge is -2.14. The number of hydrogen-bond acceptors (Lipinski definition) is 3. The first-order valence-electron chi connectivity index (χ1n) is 20.7. The average Bonchev–Trinajstić information content (AvgIpc) is 3.69. The van der Waals surface area contributed by atoms with Gasteiger partial charge in [-0.2, -0.15) is 0 Å². The fourth-order valence-corrected chi connectivity index (χ4v) is 9.18. The van der Waals surface area contributed by atoms with Crippen molar-refractivity contribution < 1.29 is 0 Å². The van der Waals surface area contributed by atoms with E-state index in [0.29, 0.717) is 17.5 Å². The van der Waals surface area contributed by atoms with E-state index in [2.05, 4.69) is 187 Å². The molecule has 2 aromatic heterocycles. The van der Waals surface area contributed by atoms with Crippen LogP contribution in [0, 0.1) is 0 Å². The summed E-state index contributed by atoms with van der Waals surface area (Å²) in [5.74, 6) is 1.91. The van der Waals surface area contributed by atoms with Crippen LogP contribution < -0.4 is 0 Å². The van der Waals surface area contributed by atoms with E-state index in [1.54, 1.807) is 0 Å². The zero-order valence-corrected chi connectivity index (χ0v) is 33.1. The minimum Gasteiger partial charge on any atom is -0.309 e. The maximum absolute atomic E-state index is 5.10. The van der Waals surface area contributed by atoms with E-state index in [0.717, 1.165) is 39.1 Å². The van der Waals surface area contributed by atoms with Crippen LogP contribution in [0.5, 0.6) is 0 Å². The lowest BCUT2D eigenvalue weighted by molar-refractivity contribution is 1.07. The molecule has 0 amide bonds. The Kier molecular flexibility index (Phi) is 8.13. The maximum Gasteiger partial charge on any atom is 0.164 e. The quantitative estimate of drug-likeness (QED) is 0.151. The molecule has 0 spiro atoms. The van der Waals surface area contributed by atoms with Gasteiger partial charge in [-0.05, 0) is 85.9 Å². The fourth-order valence-electron chi connectivity index (χ4n) is 9.18. The summed E-state index contributed by atoms with van der Waals surface area (Å²) < 4.78 is 2.42. The van der Waals surface area contributed by atoms with Crippen molar-refractivity contribution in [3.05, 3.63) is 218 Å². The molecule has 0 unspecified atom stereocenters. The molecule has 0 fully saturated rings. The second kappa shape index (κ2) is 14.3. The van der Waals surface area contributed by atoms with E-state index in [9.17, 15) is 0 Å². The van der Waals surface area contributed by atoms with Crippen LogP contribution in [0.3, 0.4) is 0 Å². The summed E-state index contributed by atoms with van der Waals surface area (Å²) in [5, 5.41) is 7.69. The van der Waals surface area contributed by atoms with E-state index in [4.69, 9.17) is 15.0 Å². The molecule has 0 aliphatic heterocycles. The normalized spacial score (nSPS) is 11.6. The third-order valence-electron chi connectivity index (χ3n) is 12.0. The molecule has 0 saturated carbocycles. The Bertz CT molecular complexity index is 3560. The van der Waals surface area contributed by atoms with Crippen molar-refractivity contribution in [2.24, 2.45) is 0 Å². The second-order valence-corrected chi connectivity index (χ2v) is 15.6. The Balaban J connectivity index is 0.988. The first-order valence-corrected chi connectivity index (χ1v) is 20.7. The molecule has 10 aromatic carbocycles. The van der Waals surface area contributed by atoms with Gasteiger partial charge in [0.25, 0.3) is 0 Å². The minimum atomic E-state index is 0.631. The molecule has 61 heavy (non-hydrogen) atoms. The maximum atomic E-state index is 5.10. The van der Waals surface area contributed by atoms with Crippen LogP contribution >= 0.6 is 0 Å². The summed E-state index contributed by atoms with van der Waals surface area (Å²) in [6.07, 6.45) is 0. The largest absolute Gasteiger partial charge is 0.309 e. The summed E-state index contributed by atoms with van der Waals surface area (Å²) in [5.41, 5.74) is 13.3. The zero-order valence-electron chi connectivity index (χ0n) is 33.1. The van der Waals surface area contributed by atoms with E-state index in [1.165, 1.54) is 60.0 Å². The first-order chi connectivity index (χ1) is 30.2. The highest BCUT2D eigenvalue weighted by atomic mass is 15.0. The van der Waals surface area contributed by atoms with Crippen molar-refractivity contribution in [2.45, 2.75) is 0 Å². The van der Waals surface area contributed by atoms with Gasteiger partial charge in [0.15, 0.2) is 17.5 Å². The van der Waals surface area contributed by atoms with Crippen LogP contribution in [0.2, 0.25) is 0 Å². The molecule has 0 radical (unpaired) electrons. The molecule has 0 aliphatic rings. The highest BCUT2D eigenvalue weighted by Gasteiger charge is 2.22. The predicted octanol–water partition coefficient (Wildman–Crippen LogP) is 14.7. The Morgan fingerprint density at radius 2 is 0.705 bits per heavy atom. The van der Waals surface area contributed by atoms with Crippen LogP contribution in [0.25, 0.3) is 117 Å². The molecular weight excluding hydrogens is 741 g/mol. The topological polar surface area (TPSA) is 43.6 Å². The Morgan fingerprint density at radius 1 is 0.262 bits per heavy atom. The Morgan fingerprint density at radius 3 is 1.41 bits per heavy atom. The summed E-state index contributed by atoms with van der Waals surface area (Å²) in [7, 11) is 0. The van der Waals surface area contributed by atoms with Crippen molar-refractivity contribution in [2.75, 3.05) is 0 Å². The highest BCUT2D eigenvalue weighted by molar-refractivity contribution is 6.36. The molecule has 0 aliphatic carbocycles. The van der Waals surface area contributed by atoms with Gasteiger partial charge in [0.05, 0.1) is 11.0 Å². The van der Waals surface area contributed by atoms with Gasteiger partial charge in [-0.15, -0.1) is 0 Å². The molecule has 4 nitrogen and oxygen atoms in total. The molecule has 0 bridgehead atoms. The third-order valence-corrected chi connectivity index (χ3v) is 12.0. The van der Waals surface area contributed by atoms with Gasteiger partial charge in [0.1, 0.15) is 0 Å². The number of hydrogen-bond donors (Lipinski definition) is 0. The molecule has 0 atom stereocenters. The van der Waals surface area contributed by atoms with Crippen LogP contribution in [0.4, 0.5) is 0 Å². The van der Waals surface area contributed by atoms with Crippen molar-refractivity contribution in [3.63, 3.8) is 0 Å². The number of rotatable bonds is 7. The minimum absolute atomic E-state index is 0.631. The SMILES string of the molecule is c1ccc(-c2ccc(-c3nc(-c4ccccc4)nc(-c4cccc(-c5cccc(-c6ccc7c8c6c6ccccc6c6cccc(c68)n7-c6ccccc6)c5)c4)n3)cc2)cc1. The molecule has 0 saturated heterocycles. The van der Waals surface area contributed by atoms with Crippen molar-refractivity contribution >= 4 is 43.4 Å². The van der Waals surface area contributed by atoms with Crippen molar-refractivity contribution in [1.29, 1.82) is 0 Å². The van der Waals surface area contributed by atoms with Gasteiger partial charge in [-0.1, -0.05) is 182 Å². The summed E-state index contributed by atoms with van der Waals surface area (Å²) in [6, 6.07) is 77.5. The number of benzene rings is 10. The molecule has 284 valence electrons. The Labute approximate surface area is 353 Å². The van der Waals surface area contributed by atoms with Gasteiger partial charge in [0.2, 0.25) is 0 Å². The first kappa shape index (κ1) is 34.8. The summed E-state index contributed by atoms with van der Waals surface area (Å²) in [4.78, 5) is 15.2. The molecule has 0 N–H and O–H groups in total. The number of aromatic nitrogens is 4. The van der Waals surface area contributed by atoms with Gasteiger partial charge < -0.3 is 4.57 Å². The molecule has 2 heterocycles. The molecular formula is C57H36N4. The van der Waals surface area contributed by atoms with Gasteiger partial charge in [-0.25, -0.2) is 15.0 Å². The van der Waals surface area contributed by atoms with Crippen LogP contribution in [-0.2, 0) is 0 Å². The zero-order chi connectivity index (χ0) is 40.3. The molecule has 4 heteroatoms. The van der Waals surface area contributed by atoms with Crippen LogP contribution in [0.1, 0.15) is 0 Å². The van der Waals surface area contributed by atoms with Crippen LogP contribution in [0.15, 0.2) is 218 Å². The predicted molar refractivity (Wildman–Crippen MR) is 253 cm³/mol. The lowest BCUT2D eigenvalue weighted by Crippen LogP contribution is -2.00. The standard InChI is InChI=1S/C57H36N4/c1-4-15-37(16-5-1)38-29-31-40(32-30-38)56-58-55(39-17-6-2-7-18-39)59-57(60-56)44-22-13-20-42(36-44)41-19-12-21-43(35-41)46-33-34-51-54-52(46)48-26-11-10-25-47(48)49-27-14-28-50(53(49)54)61(51)45-23-8-3-9-24-45/h1-36H. The van der Waals surface area contributed by atoms with E-state index >= 15 is 0 Å². The average molecular weight is 777 g/mol. The lowest BCUT2D eigenvalue weighted by atomic mass is 9.89. The number of fused-ring (bicyclic) bond motifs is 3. The smallest absolute Gasteiger partial charge is 0.164 e. The molecule has 12 aromatic rings. The Hall–Kier alpha value is -8.21. The summed E-state index contributed by atoms with van der Waals surface area (Å²) >= 11 is 0. The highest BCUT2D eigenvalue weighted by Crippen LogP contribution is 2.47. The van der Waals surface area contributed by atoms with Crippen molar-refractivity contribution in [3.8, 4) is 73.2 Å². The van der Waals surface area contributed by atoms with E-state index in [1.807, 2.05) is 36.4 Å². The monoisotopic (exact) mass is 776 g/mol. The van der Waals surface area contributed by atoms with Gasteiger partial charge >= 0.3 is 0 Å². The second-order valence-electron chi connectivity index (χ2n) is 15.6. The summed E-state index contributed by atoms with van der Waals surface area (Å²) in [6.45, 7) is 0. The van der Waals surface area contributed by atoms with Gasteiger partial charge in [0, 0.05) is 38.5 Å².